The van der Waals surface area contributed by atoms with Crippen molar-refractivity contribution in [2.24, 2.45) is 0 Å². The molecule has 0 aliphatic carbocycles. The van der Waals surface area contributed by atoms with Crippen molar-refractivity contribution in [2.45, 2.75) is 25.9 Å². The van der Waals surface area contributed by atoms with E-state index in [-0.39, 0.29) is 12.0 Å². The minimum atomic E-state index is -0.383. The number of hydrogen-bond donors (Lipinski definition) is 2. The first kappa shape index (κ1) is 10.5. The second kappa shape index (κ2) is 5.19. The van der Waals surface area contributed by atoms with Crippen LogP contribution in [0.2, 0.25) is 0 Å². The number of carbonyl (C=O) groups excluding carboxylic acids is 1. The second-order valence-electron chi connectivity index (χ2n) is 3.57. The summed E-state index contributed by atoms with van der Waals surface area (Å²) in [5.74, 6) is 0.151. The van der Waals surface area contributed by atoms with Crippen molar-refractivity contribution in [1.29, 1.82) is 0 Å². The largest absolute Gasteiger partial charge is 0.392 e. The van der Waals surface area contributed by atoms with Crippen LogP contribution in [0.4, 0.5) is 0 Å². The molecule has 1 aliphatic heterocycles. The van der Waals surface area contributed by atoms with E-state index in [1.807, 2.05) is 4.90 Å². The molecule has 4 heteroatoms. The Labute approximate surface area is 78.9 Å². The number of nitrogens with zero attached hydrogens (tertiary/aromatic N) is 1. The first-order chi connectivity index (χ1) is 6.20. The van der Waals surface area contributed by atoms with Gasteiger partial charge in [0.2, 0.25) is 5.91 Å². The van der Waals surface area contributed by atoms with Gasteiger partial charge >= 0.3 is 0 Å². The van der Waals surface area contributed by atoms with Gasteiger partial charge in [-0.1, -0.05) is 0 Å². The Morgan fingerprint density at radius 3 is 2.69 bits per heavy atom. The quantitative estimate of drug-likeness (QED) is 0.627. The standard InChI is InChI=1S/C9H18N2O2/c1-8(12)6-10-7-9(13)11-4-2-3-5-11/h8,10,12H,2-7H2,1H3/t8-/m0/s1. The SMILES string of the molecule is C[C@H](O)CNCC(=O)N1CCCC1. The molecule has 0 aromatic rings. The van der Waals surface area contributed by atoms with E-state index in [1.54, 1.807) is 6.92 Å². The molecule has 1 saturated heterocycles. The molecule has 13 heavy (non-hydrogen) atoms. The predicted molar refractivity (Wildman–Crippen MR) is 50.4 cm³/mol. The highest BCUT2D eigenvalue weighted by Gasteiger charge is 2.16. The van der Waals surface area contributed by atoms with Gasteiger partial charge in [-0.05, 0) is 19.8 Å². The molecule has 2 N–H and O–H groups in total. The van der Waals surface area contributed by atoms with Gasteiger partial charge in [0.1, 0.15) is 0 Å². The van der Waals surface area contributed by atoms with E-state index >= 15 is 0 Å². The first-order valence-electron chi connectivity index (χ1n) is 4.86. The fourth-order valence-corrected chi connectivity index (χ4v) is 1.47. The molecule has 4 nitrogen and oxygen atoms in total. The highest BCUT2D eigenvalue weighted by atomic mass is 16.3. The topological polar surface area (TPSA) is 52.6 Å². The summed E-state index contributed by atoms with van der Waals surface area (Å²) in [6.07, 6.45) is 1.87. The lowest BCUT2D eigenvalue weighted by Gasteiger charge is -2.15. The maximum atomic E-state index is 11.4. The van der Waals surface area contributed by atoms with Gasteiger partial charge in [0.15, 0.2) is 0 Å². The lowest BCUT2D eigenvalue weighted by molar-refractivity contribution is -0.129. The average molecular weight is 186 g/mol. The minimum absolute atomic E-state index is 0.151. The number of amides is 1. The summed E-state index contributed by atoms with van der Waals surface area (Å²) in [6.45, 7) is 4.34. The van der Waals surface area contributed by atoms with Crippen LogP contribution in [0.5, 0.6) is 0 Å². The number of likely N-dealkylation sites (tertiary alicyclic amines) is 1. The first-order valence-corrected chi connectivity index (χ1v) is 4.86. The van der Waals surface area contributed by atoms with Crippen LogP contribution >= 0.6 is 0 Å². The van der Waals surface area contributed by atoms with Gasteiger partial charge in [0, 0.05) is 19.6 Å². The van der Waals surface area contributed by atoms with E-state index in [4.69, 9.17) is 5.11 Å². The number of hydrogen-bond acceptors (Lipinski definition) is 3. The van der Waals surface area contributed by atoms with Gasteiger partial charge in [-0.15, -0.1) is 0 Å². The van der Waals surface area contributed by atoms with Crippen LogP contribution in [-0.2, 0) is 4.79 Å². The van der Waals surface area contributed by atoms with Gasteiger partial charge in [-0.2, -0.15) is 0 Å². The summed E-state index contributed by atoms with van der Waals surface area (Å²) < 4.78 is 0. The van der Waals surface area contributed by atoms with Crippen LogP contribution in [0.3, 0.4) is 0 Å². The highest BCUT2D eigenvalue weighted by molar-refractivity contribution is 5.78. The molecule has 76 valence electrons. The molecule has 1 heterocycles. The Bertz CT molecular complexity index is 165. The molecular weight excluding hydrogens is 168 g/mol. The third-order valence-corrected chi connectivity index (χ3v) is 2.17. The maximum Gasteiger partial charge on any atom is 0.236 e. The summed E-state index contributed by atoms with van der Waals surface area (Å²) >= 11 is 0. The molecule has 1 rings (SSSR count). The van der Waals surface area contributed by atoms with Gasteiger partial charge in [-0.25, -0.2) is 0 Å². The Kier molecular flexibility index (Phi) is 4.18. The molecule has 0 aromatic heterocycles. The molecule has 0 bridgehead atoms. The lowest BCUT2D eigenvalue weighted by Crippen LogP contribution is -2.38. The van der Waals surface area contributed by atoms with Crippen molar-refractivity contribution in [1.82, 2.24) is 10.2 Å². The van der Waals surface area contributed by atoms with Crippen molar-refractivity contribution in [3.8, 4) is 0 Å². The normalized spacial score (nSPS) is 19.1. The number of nitrogens with one attached hydrogen (secondary N) is 1. The Morgan fingerprint density at radius 2 is 2.15 bits per heavy atom. The average Bonchev–Trinajstić information content (AvgIpc) is 2.55. The fraction of sp³-hybridized carbons (Fsp3) is 0.889. The second-order valence-corrected chi connectivity index (χ2v) is 3.57. The molecule has 1 amide bonds. The summed E-state index contributed by atoms with van der Waals surface area (Å²) in [7, 11) is 0. The summed E-state index contributed by atoms with van der Waals surface area (Å²) in [5.41, 5.74) is 0. The van der Waals surface area contributed by atoms with E-state index in [9.17, 15) is 4.79 Å². The maximum absolute atomic E-state index is 11.4. The number of rotatable bonds is 4. The van der Waals surface area contributed by atoms with E-state index in [0.717, 1.165) is 25.9 Å². The van der Waals surface area contributed by atoms with Gasteiger partial charge in [0.25, 0.3) is 0 Å². The molecule has 0 spiro atoms. The molecule has 1 fully saturated rings. The number of aliphatic hydroxyl groups excluding tert-OH is 1. The van der Waals surface area contributed by atoms with Crippen LogP contribution in [0.15, 0.2) is 0 Å². The monoisotopic (exact) mass is 186 g/mol. The van der Waals surface area contributed by atoms with E-state index in [0.29, 0.717) is 13.1 Å². The van der Waals surface area contributed by atoms with Crippen molar-refractivity contribution < 1.29 is 9.90 Å². The summed E-state index contributed by atoms with van der Waals surface area (Å²) in [4.78, 5) is 13.3. The molecule has 1 atom stereocenters. The summed E-state index contributed by atoms with van der Waals surface area (Å²) in [5, 5.41) is 11.9. The lowest BCUT2D eigenvalue weighted by atomic mass is 10.4. The summed E-state index contributed by atoms with van der Waals surface area (Å²) in [6, 6.07) is 0. The Hall–Kier alpha value is -0.610. The Balaban J connectivity index is 2.10. The third kappa shape index (κ3) is 3.74. The van der Waals surface area contributed by atoms with Crippen molar-refractivity contribution in [3.05, 3.63) is 0 Å². The van der Waals surface area contributed by atoms with Crippen LogP contribution in [0, 0.1) is 0 Å². The van der Waals surface area contributed by atoms with Crippen molar-refractivity contribution >= 4 is 5.91 Å². The van der Waals surface area contributed by atoms with Crippen molar-refractivity contribution in [3.63, 3.8) is 0 Å². The van der Waals surface area contributed by atoms with Crippen LogP contribution in [0.25, 0.3) is 0 Å². The highest BCUT2D eigenvalue weighted by Crippen LogP contribution is 2.06. The number of carbonyl (C=O) groups is 1. The van der Waals surface area contributed by atoms with E-state index < -0.39 is 0 Å². The Morgan fingerprint density at radius 1 is 1.54 bits per heavy atom. The molecule has 0 radical (unpaired) electrons. The molecule has 0 aromatic carbocycles. The van der Waals surface area contributed by atoms with Crippen molar-refractivity contribution in [2.75, 3.05) is 26.2 Å². The van der Waals surface area contributed by atoms with Gasteiger partial charge in [0.05, 0.1) is 12.6 Å². The fourth-order valence-electron chi connectivity index (χ4n) is 1.47. The van der Waals surface area contributed by atoms with E-state index in [2.05, 4.69) is 5.32 Å². The predicted octanol–water partition coefficient (Wildman–Crippen LogP) is -0.421. The third-order valence-electron chi connectivity index (χ3n) is 2.17. The zero-order chi connectivity index (χ0) is 9.68. The molecular formula is C9H18N2O2. The zero-order valence-corrected chi connectivity index (χ0v) is 8.12. The zero-order valence-electron chi connectivity index (χ0n) is 8.12. The van der Waals surface area contributed by atoms with Crippen LogP contribution in [-0.4, -0.2) is 48.2 Å². The van der Waals surface area contributed by atoms with E-state index in [1.165, 1.54) is 0 Å². The van der Waals surface area contributed by atoms with Gasteiger partial charge < -0.3 is 15.3 Å². The van der Waals surface area contributed by atoms with Crippen LogP contribution < -0.4 is 5.32 Å². The number of aliphatic hydroxyl groups is 1. The minimum Gasteiger partial charge on any atom is -0.392 e. The van der Waals surface area contributed by atoms with Crippen LogP contribution in [0.1, 0.15) is 19.8 Å². The molecule has 0 saturated carbocycles. The molecule has 1 aliphatic rings. The van der Waals surface area contributed by atoms with Gasteiger partial charge in [-0.3, -0.25) is 4.79 Å². The smallest absolute Gasteiger partial charge is 0.236 e. The molecule has 0 unspecified atom stereocenters.